The average molecular weight is 365 g/mol. The summed E-state index contributed by atoms with van der Waals surface area (Å²) in [6.45, 7) is 0. The van der Waals surface area contributed by atoms with E-state index in [-0.39, 0.29) is 0 Å². The molecule has 0 aliphatic rings. The molecule has 2 aromatic rings. The largest absolute Gasteiger partial charge is 0.144 e. The van der Waals surface area contributed by atoms with E-state index < -0.39 is 0 Å². The third kappa shape index (κ3) is 2.14. The zero-order valence-corrected chi connectivity index (χ0v) is 11.2. The van der Waals surface area contributed by atoms with E-state index in [1.807, 2.05) is 0 Å². The van der Waals surface area contributed by atoms with Crippen LogP contribution in [0.5, 0.6) is 0 Å². The van der Waals surface area contributed by atoms with Crippen LogP contribution in [0.25, 0.3) is 10.4 Å². The lowest BCUT2D eigenvalue weighted by molar-refractivity contribution is 1.58. The quantitative estimate of drug-likeness (QED) is 0.638. The molecule has 0 aliphatic heterocycles. The summed E-state index contributed by atoms with van der Waals surface area (Å²) >= 11 is 7.61. The molecule has 1 heterocycles. The Labute approximate surface area is 103 Å². The summed E-state index contributed by atoms with van der Waals surface area (Å²) < 4.78 is 2.41. The van der Waals surface area contributed by atoms with Gasteiger partial charge < -0.3 is 0 Å². The minimum absolute atomic E-state index is 1.17. The molecule has 0 unspecified atom stereocenters. The van der Waals surface area contributed by atoms with Crippen LogP contribution in [0.3, 0.4) is 0 Å². The summed E-state index contributed by atoms with van der Waals surface area (Å²) in [5.41, 5.74) is 1.28. The highest BCUT2D eigenvalue weighted by Gasteiger charge is 2.01. The van der Waals surface area contributed by atoms with Gasteiger partial charge in [-0.3, -0.25) is 0 Å². The topological polar surface area (TPSA) is 0 Å². The molecule has 0 radical (unpaired) electrons. The van der Waals surface area contributed by atoms with Crippen molar-refractivity contribution in [2.45, 2.75) is 0 Å². The maximum absolute atomic E-state index is 3.53. The van der Waals surface area contributed by atoms with Gasteiger partial charge in [0.1, 0.15) is 0 Å². The number of halogens is 2. The minimum atomic E-state index is 1.17. The lowest BCUT2D eigenvalue weighted by atomic mass is 10.2. The van der Waals surface area contributed by atoms with Gasteiger partial charge in [0, 0.05) is 12.9 Å². The summed E-state index contributed by atoms with van der Waals surface area (Å²) in [6, 6.07) is 10.6. The molecule has 0 fully saturated rings. The molecule has 0 saturated carbocycles. The van der Waals surface area contributed by atoms with Gasteiger partial charge in [-0.1, -0.05) is 12.1 Å². The van der Waals surface area contributed by atoms with E-state index >= 15 is 0 Å². The highest BCUT2D eigenvalue weighted by molar-refractivity contribution is 14.1. The van der Waals surface area contributed by atoms with Crippen molar-refractivity contribution in [2.75, 3.05) is 0 Å². The first-order chi connectivity index (χ1) is 6.27. The number of benzene rings is 1. The normalized spacial score (nSPS) is 10.3. The maximum atomic E-state index is 3.53. The molecule has 0 atom stereocenters. The molecule has 0 N–H and O–H groups in total. The maximum Gasteiger partial charge on any atom is 0.0343 e. The van der Waals surface area contributed by atoms with Crippen molar-refractivity contribution >= 4 is 49.9 Å². The molecule has 1 aromatic carbocycles. The molecule has 0 nitrogen and oxygen atoms in total. The van der Waals surface area contributed by atoms with Crippen molar-refractivity contribution in [1.82, 2.24) is 0 Å². The van der Waals surface area contributed by atoms with Gasteiger partial charge in [0.15, 0.2) is 0 Å². The summed E-state index contributed by atoms with van der Waals surface area (Å²) in [5, 5.41) is 2.10. The van der Waals surface area contributed by atoms with Gasteiger partial charge in [-0.15, -0.1) is 11.3 Å². The van der Waals surface area contributed by atoms with Crippen LogP contribution in [-0.4, -0.2) is 0 Å². The van der Waals surface area contributed by atoms with E-state index in [9.17, 15) is 0 Å². The van der Waals surface area contributed by atoms with Crippen LogP contribution in [-0.2, 0) is 0 Å². The fraction of sp³-hybridized carbons (Fsp3) is 0. The lowest BCUT2D eigenvalue weighted by Gasteiger charge is -2.00. The van der Waals surface area contributed by atoms with Crippen molar-refractivity contribution in [3.05, 3.63) is 43.8 Å². The molecule has 3 heteroatoms. The molecule has 2 rings (SSSR count). The Morgan fingerprint density at radius 1 is 1.23 bits per heavy atom. The Bertz CT molecular complexity index is 409. The van der Waals surface area contributed by atoms with Crippen LogP contribution in [0.2, 0.25) is 0 Å². The first-order valence-electron chi connectivity index (χ1n) is 3.76. The molecule has 0 bridgehead atoms. The summed E-state index contributed by atoms with van der Waals surface area (Å²) in [4.78, 5) is 1.32. The summed E-state index contributed by atoms with van der Waals surface area (Å²) in [5.74, 6) is 0. The monoisotopic (exact) mass is 364 g/mol. The van der Waals surface area contributed by atoms with Crippen LogP contribution in [0.4, 0.5) is 0 Å². The van der Waals surface area contributed by atoms with Crippen LogP contribution in [0, 0.1) is 3.57 Å². The average Bonchev–Trinajstić information content (AvgIpc) is 2.62. The van der Waals surface area contributed by atoms with Crippen LogP contribution >= 0.6 is 49.9 Å². The van der Waals surface area contributed by atoms with Gasteiger partial charge in [-0.05, 0) is 67.7 Å². The molecule has 1 aromatic heterocycles. The number of hydrogen-bond donors (Lipinski definition) is 0. The van der Waals surface area contributed by atoms with E-state index in [1.165, 1.54) is 18.5 Å². The second-order valence-corrected chi connectivity index (χ2v) is 5.57. The van der Waals surface area contributed by atoms with Crippen molar-refractivity contribution in [1.29, 1.82) is 0 Å². The molecule has 66 valence electrons. The molecule has 0 saturated heterocycles. The van der Waals surface area contributed by atoms with Gasteiger partial charge in [0.2, 0.25) is 0 Å². The Morgan fingerprint density at radius 3 is 2.69 bits per heavy atom. The van der Waals surface area contributed by atoms with Gasteiger partial charge in [0.05, 0.1) is 0 Å². The van der Waals surface area contributed by atoms with Crippen LogP contribution in [0.15, 0.2) is 40.2 Å². The third-order valence-corrected chi connectivity index (χ3v) is 4.98. The van der Waals surface area contributed by atoms with Gasteiger partial charge >= 0.3 is 0 Å². The van der Waals surface area contributed by atoms with E-state index in [1.54, 1.807) is 11.3 Å². The lowest BCUT2D eigenvalue weighted by Crippen LogP contribution is -1.76. The Balaban J connectivity index is 2.49. The van der Waals surface area contributed by atoms with Crippen molar-refractivity contribution in [3.63, 3.8) is 0 Å². The summed E-state index contributed by atoms with van der Waals surface area (Å²) in [6.07, 6.45) is 0. The Hall–Kier alpha value is 0.130. The van der Waals surface area contributed by atoms with Gasteiger partial charge in [-0.2, -0.15) is 0 Å². The predicted octanol–water partition coefficient (Wildman–Crippen LogP) is 4.78. The second-order valence-electron chi connectivity index (χ2n) is 2.61. The number of hydrogen-bond acceptors (Lipinski definition) is 1. The third-order valence-electron chi connectivity index (χ3n) is 1.73. The fourth-order valence-corrected chi connectivity index (χ4v) is 2.53. The zero-order chi connectivity index (χ0) is 9.26. The highest BCUT2D eigenvalue weighted by Crippen LogP contribution is 2.29. The SMILES string of the molecule is Brc1cc(-c2cccs2)ccc1I. The van der Waals surface area contributed by atoms with Gasteiger partial charge in [0.25, 0.3) is 0 Å². The molecule has 0 aliphatic carbocycles. The van der Waals surface area contributed by atoms with Crippen molar-refractivity contribution < 1.29 is 0 Å². The smallest absolute Gasteiger partial charge is 0.0343 e. The van der Waals surface area contributed by atoms with E-state index in [4.69, 9.17) is 0 Å². The first-order valence-corrected chi connectivity index (χ1v) is 6.51. The highest BCUT2D eigenvalue weighted by atomic mass is 127. The first kappa shape index (κ1) is 9.68. The van der Waals surface area contributed by atoms with Crippen molar-refractivity contribution in [3.8, 4) is 10.4 Å². The second kappa shape index (κ2) is 4.11. The molecule has 13 heavy (non-hydrogen) atoms. The molecule has 0 spiro atoms. The van der Waals surface area contributed by atoms with E-state index in [0.29, 0.717) is 0 Å². The van der Waals surface area contributed by atoms with Gasteiger partial charge in [-0.25, -0.2) is 0 Å². The predicted molar refractivity (Wildman–Crippen MR) is 70.2 cm³/mol. The van der Waals surface area contributed by atoms with E-state index in [0.717, 1.165) is 0 Å². The standard InChI is InChI=1S/C10H6BrIS/c11-8-6-7(3-4-9(8)12)10-2-1-5-13-10/h1-6H. The van der Waals surface area contributed by atoms with Crippen LogP contribution < -0.4 is 0 Å². The van der Waals surface area contributed by atoms with Crippen LogP contribution in [0.1, 0.15) is 0 Å². The Morgan fingerprint density at radius 2 is 2.08 bits per heavy atom. The molecular weight excluding hydrogens is 359 g/mol. The minimum Gasteiger partial charge on any atom is -0.144 e. The number of thiophene rings is 1. The number of rotatable bonds is 1. The summed E-state index contributed by atoms with van der Waals surface area (Å²) in [7, 11) is 0. The zero-order valence-electron chi connectivity index (χ0n) is 6.63. The fourth-order valence-electron chi connectivity index (χ4n) is 1.09. The Kier molecular flexibility index (Phi) is 3.06. The van der Waals surface area contributed by atoms with E-state index in [2.05, 4.69) is 74.2 Å². The van der Waals surface area contributed by atoms with Crippen molar-refractivity contribution in [2.24, 2.45) is 0 Å². The molecule has 0 amide bonds. The molecular formula is C10H6BrIS.